The van der Waals surface area contributed by atoms with Crippen molar-refractivity contribution in [3.05, 3.63) is 71.8 Å². The fourth-order valence-electron chi connectivity index (χ4n) is 2.73. The minimum atomic E-state index is -0.953. The molecule has 0 atom stereocenters. The monoisotopic (exact) mass is 296 g/mol. The van der Waals surface area contributed by atoms with Crippen LogP contribution in [-0.4, -0.2) is 18.4 Å². The van der Waals surface area contributed by atoms with Crippen molar-refractivity contribution in [3.8, 4) is 0 Å². The second-order valence-corrected chi connectivity index (χ2v) is 5.23. The van der Waals surface area contributed by atoms with Crippen LogP contribution in [0.15, 0.2) is 60.7 Å². The van der Waals surface area contributed by atoms with Crippen molar-refractivity contribution in [1.29, 1.82) is 0 Å². The Hall–Kier alpha value is -2.62. The smallest absolute Gasteiger partial charge is 0.232 e. The molecule has 0 aromatic heterocycles. The summed E-state index contributed by atoms with van der Waals surface area (Å²) in [6, 6.07) is 18.9. The first kappa shape index (κ1) is 15.8. The van der Waals surface area contributed by atoms with Gasteiger partial charge in [0.2, 0.25) is 11.8 Å². The molecule has 0 aliphatic heterocycles. The molecule has 2 aromatic rings. The summed E-state index contributed by atoms with van der Waals surface area (Å²) >= 11 is 0. The highest BCUT2D eigenvalue weighted by molar-refractivity contribution is 5.91. The van der Waals surface area contributed by atoms with E-state index in [4.69, 9.17) is 5.73 Å². The molecule has 4 heteroatoms. The molecule has 0 fully saturated rings. The van der Waals surface area contributed by atoms with Gasteiger partial charge in [-0.3, -0.25) is 9.59 Å². The Bertz CT molecular complexity index is 599. The minimum absolute atomic E-state index is 0.125. The van der Waals surface area contributed by atoms with Gasteiger partial charge in [0.25, 0.3) is 0 Å². The molecule has 0 aliphatic carbocycles. The molecule has 2 amide bonds. The molecule has 0 heterocycles. The van der Waals surface area contributed by atoms with Gasteiger partial charge in [0, 0.05) is 13.5 Å². The van der Waals surface area contributed by atoms with Crippen LogP contribution in [0.4, 0.5) is 0 Å². The summed E-state index contributed by atoms with van der Waals surface area (Å²) in [6.07, 6.45) is 0.413. The van der Waals surface area contributed by atoms with Gasteiger partial charge in [0.05, 0.1) is 0 Å². The molecule has 0 bridgehead atoms. The molecule has 2 aromatic carbocycles. The zero-order chi connectivity index (χ0) is 16.0. The van der Waals surface area contributed by atoms with Gasteiger partial charge in [-0.05, 0) is 17.5 Å². The van der Waals surface area contributed by atoms with Crippen LogP contribution in [0.5, 0.6) is 0 Å². The third-order valence-corrected chi connectivity index (χ3v) is 3.83. The van der Waals surface area contributed by atoms with Crippen molar-refractivity contribution in [3.63, 3.8) is 0 Å². The average molecular weight is 296 g/mol. The molecule has 4 nitrogen and oxygen atoms in total. The van der Waals surface area contributed by atoms with Crippen LogP contribution < -0.4 is 11.1 Å². The van der Waals surface area contributed by atoms with Crippen molar-refractivity contribution in [2.45, 2.75) is 18.8 Å². The Morgan fingerprint density at radius 1 is 0.955 bits per heavy atom. The Balaban J connectivity index is 2.50. The first-order valence-electron chi connectivity index (χ1n) is 7.23. The zero-order valence-corrected chi connectivity index (χ0v) is 12.6. The lowest BCUT2D eigenvalue weighted by atomic mass is 9.71. The van der Waals surface area contributed by atoms with Crippen molar-refractivity contribution < 1.29 is 9.59 Å². The Labute approximate surface area is 130 Å². The Kier molecular flexibility index (Phi) is 4.94. The Morgan fingerprint density at radius 3 is 1.77 bits per heavy atom. The van der Waals surface area contributed by atoms with E-state index in [1.165, 1.54) is 6.92 Å². The molecular weight excluding hydrogens is 276 g/mol. The summed E-state index contributed by atoms with van der Waals surface area (Å²) in [4.78, 5) is 23.6. The van der Waals surface area contributed by atoms with Gasteiger partial charge in [-0.15, -0.1) is 0 Å². The van der Waals surface area contributed by atoms with Crippen LogP contribution in [-0.2, 0) is 15.0 Å². The maximum Gasteiger partial charge on any atom is 0.232 e. The lowest BCUT2D eigenvalue weighted by Gasteiger charge is -2.32. The average Bonchev–Trinajstić information content (AvgIpc) is 2.53. The topological polar surface area (TPSA) is 72.2 Å². The fourth-order valence-corrected chi connectivity index (χ4v) is 2.73. The van der Waals surface area contributed by atoms with Crippen LogP contribution in [0.25, 0.3) is 0 Å². The van der Waals surface area contributed by atoms with E-state index in [1.807, 2.05) is 60.7 Å². The van der Waals surface area contributed by atoms with Crippen LogP contribution in [0.1, 0.15) is 24.5 Å². The molecule has 0 aliphatic rings. The summed E-state index contributed by atoms with van der Waals surface area (Å²) in [7, 11) is 0. The highest BCUT2D eigenvalue weighted by Gasteiger charge is 2.39. The second kappa shape index (κ2) is 6.89. The number of carbonyl (C=O) groups is 2. The third kappa shape index (κ3) is 3.17. The number of benzene rings is 2. The molecular formula is C18H20N2O2. The highest BCUT2D eigenvalue weighted by Crippen LogP contribution is 2.35. The maximum absolute atomic E-state index is 12.4. The van der Waals surface area contributed by atoms with Crippen molar-refractivity contribution in [1.82, 2.24) is 5.32 Å². The first-order chi connectivity index (χ1) is 10.6. The highest BCUT2D eigenvalue weighted by atomic mass is 16.2. The Morgan fingerprint density at radius 2 is 1.41 bits per heavy atom. The van der Waals surface area contributed by atoms with Gasteiger partial charge in [-0.1, -0.05) is 60.7 Å². The molecule has 0 spiro atoms. The zero-order valence-electron chi connectivity index (χ0n) is 12.6. The van der Waals surface area contributed by atoms with Gasteiger partial charge >= 0.3 is 0 Å². The number of rotatable bonds is 6. The van der Waals surface area contributed by atoms with Gasteiger partial charge < -0.3 is 11.1 Å². The molecule has 3 N–H and O–H groups in total. The van der Waals surface area contributed by atoms with Crippen LogP contribution in [0.2, 0.25) is 0 Å². The van der Waals surface area contributed by atoms with E-state index in [0.717, 1.165) is 11.1 Å². The van der Waals surface area contributed by atoms with E-state index in [2.05, 4.69) is 5.32 Å². The van der Waals surface area contributed by atoms with E-state index in [1.54, 1.807) is 0 Å². The number of hydrogen-bond donors (Lipinski definition) is 2. The maximum atomic E-state index is 12.4. The van der Waals surface area contributed by atoms with Crippen molar-refractivity contribution in [2.75, 3.05) is 6.54 Å². The van der Waals surface area contributed by atoms with E-state index in [-0.39, 0.29) is 5.91 Å². The lowest BCUT2D eigenvalue weighted by Crippen LogP contribution is -2.44. The number of hydrogen-bond acceptors (Lipinski definition) is 2. The molecule has 22 heavy (non-hydrogen) atoms. The first-order valence-corrected chi connectivity index (χ1v) is 7.23. The molecule has 0 saturated carbocycles. The fraction of sp³-hybridized carbons (Fsp3) is 0.222. The van der Waals surface area contributed by atoms with Crippen LogP contribution in [0, 0.1) is 0 Å². The van der Waals surface area contributed by atoms with E-state index in [9.17, 15) is 9.59 Å². The van der Waals surface area contributed by atoms with E-state index < -0.39 is 11.3 Å². The molecule has 114 valence electrons. The number of carbonyl (C=O) groups excluding carboxylic acids is 2. The van der Waals surface area contributed by atoms with Crippen molar-refractivity contribution >= 4 is 11.8 Å². The lowest BCUT2D eigenvalue weighted by molar-refractivity contribution is -0.123. The van der Waals surface area contributed by atoms with Gasteiger partial charge in [-0.25, -0.2) is 0 Å². The predicted molar refractivity (Wildman–Crippen MR) is 86.2 cm³/mol. The number of nitrogens with one attached hydrogen (secondary N) is 1. The standard InChI is InChI=1S/C18H20N2O2/c1-14(21)20-13-12-18(17(19)22,15-8-4-2-5-9-15)16-10-6-3-7-11-16/h2-11H,12-13H2,1H3,(H2,19,22)(H,20,21). The second-order valence-electron chi connectivity index (χ2n) is 5.23. The predicted octanol–water partition coefficient (Wildman–Crippen LogP) is 1.98. The summed E-state index contributed by atoms with van der Waals surface area (Å²) < 4.78 is 0. The van der Waals surface area contributed by atoms with E-state index in [0.29, 0.717) is 13.0 Å². The van der Waals surface area contributed by atoms with Gasteiger partial charge in [0.1, 0.15) is 5.41 Å². The third-order valence-electron chi connectivity index (χ3n) is 3.83. The molecule has 0 saturated heterocycles. The summed E-state index contributed by atoms with van der Waals surface area (Å²) in [5.74, 6) is -0.547. The summed E-state index contributed by atoms with van der Waals surface area (Å²) in [5, 5.41) is 2.75. The number of amides is 2. The minimum Gasteiger partial charge on any atom is -0.369 e. The van der Waals surface area contributed by atoms with Gasteiger partial charge in [-0.2, -0.15) is 0 Å². The normalized spacial score (nSPS) is 11.0. The SMILES string of the molecule is CC(=O)NCCC(C(N)=O)(c1ccccc1)c1ccccc1. The number of nitrogens with two attached hydrogens (primary N) is 1. The number of primary amides is 1. The largest absolute Gasteiger partial charge is 0.369 e. The molecule has 2 rings (SSSR count). The van der Waals surface area contributed by atoms with Gasteiger partial charge in [0.15, 0.2) is 0 Å². The van der Waals surface area contributed by atoms with Crippen LogP contribution >= 0.6 is 0 Å². The summed E-state index contributed by atoms with van der Waals surface area (Å²) in [6.45, 7) is 1.83. The quantitative estimate of drug-likeness (QED) is 0.855. The molecule has 0 unspecified atom stereocenters. The molecule has 0 radical (unpaired) electrons. The summed E-state index contributed by atoms with van der Waals surface area (Å²) in [5.41, 5.74) is 6.51. The van der Waals surface area contributed by atoms with Crippen LogP contribution in [0.3, 0.4) is 0 Å². The van der Waals surface area contributed by atoms with E-state index >= 15 is 0 Å². The van der Waals surface area contributed by atoms with Crippen molar-refractivity contribution in [2.24, 2.45) is 5.73 Å².